The van der Waals surface area contributed by atoms with Gasteiger partial charge in [-0.2, -0.15) is 4.57 Å². The molecule has 0 atom stereocenters. The second-order valence-corrected chi connectivity index (χ2v) is 3.60. The molecular formula is C12H11BrN2. The molecule has 0 amide bonds. The van der Waals surface area contributed by atoms with Crippen molar-refractivity contribution in [3.63, 3.8) is 0 Å². The van der Waals surface area contributed by atoms with Gasteiger partial charge < -0.3 is 22.3 Å². The van der Waals surface area contributed by atoms with E-state index in [2.05, 4.69) is 59.5 Å². The van der Waals surface area contributed by atoms with Crippen molar-refractivity contribution in [1.82, 2.24) is 0 Å². The first-order chi connectivity index (χ1) is 6.84. The number of halogens is 1. The monoisotopic (exact) mass is 262 g/mol. The molecule has 0 saturated heterocycles. The third-order valence-corrected chi connectivity index (χ3v) is 2.51. The molecule has 2 aromatic rings. The van der Waals surface area contributed by atoms with E-state index in [9.17, 15) is 0 Å². The van der Waals surface area contributed by atoms with Gasteiger partial charge in [0, 0.05) is 11.5 Å². The molecule has 3 heteroatoms. The Hall–Kier alpha value is -1.35. The Morgan fingerprint density at radius 2 is 1.93 bits per heavy atom. The molecule has 1 aliphatic rings. The third kappa shape index (κ3) is 1.53. The number of hydrogen-bond donors (Lipinski definition) is 1. The Morgan fingerprint density at radius 1 is 1.13 bits per heavy atom. The zero-order chi connectivity index (χ0) is 9.54. The zero-order valence-electron chi connectivity index (χ0n) is 8.37. The fourth-order valence-corrected chi connectivity index (χ4v) is 1.96. The van der Waals surface area contributed by atoms with Crippen LogP contribution in [-0.2, 0) is 0 Å². The van der Waals surface area contributed by atoms with Gasteiger partial charge in [0.2, 0.25) is 5.52 Å². The molecule has 2 heterocycles. The molecule has 1 N–H and O–H groups in total. The number of benzene rings is 1. The lowest BCUT2D eigenvalue weighted by Gasteiger charge is -2.11. The highest BCUT2D eigenvalue weighted by molar-refractivity contribution is 5.89. The maximum atomic E-state index is 3.36. The molecule has 0 bridgehead atoms. The summed E-state index contributed by atoms with van der Waals surface area (Å²) in [6.07, 6.45) is 4.19. The molecule has 0 unspecified atom stereocenters. The first-order valence-corrected chi connectivity index (χ1v) is 4.73. The quantitative estimate of drug-likeness (QED) is 0.626. The number of anilines is 1. The summed E-state index contributed by atoms with van der Waals surface area (Å²) in [6.45, 7) is 2.07. The number of para-hydroxylation sites is 1. The van der Waals surface area contributed by atoms with Crippen LogP contribution in [0.25, 0.3) is 17.1 Å². The maximum Gasteiger partial charge on any atom is 0.241 e. The molecule has 1 aliphatic heterocycles. The first-order valence-electron chi connectivity index (χ1n) is 4.73. The van der Waals surface area contributed by atoms with Crippen LogP contribution < -0.4 is 26.9 Å². The van der Waals surface area contributed by atoms with Gasteiger partial charge >= 0.3 is 0 Å². The van der Waals surface area contributed by atoms with E-state index in [1.54, 1.807) is 0 Å². The topological polar surface area (TPSA) is 15.9 Å². The molecule has 76 valence electrons. The first kappa shape index (κ1) is 10.2. The van der Waals surface area contributed by atoms with Crippen LogP contribution in [0.1, 0.15) is 6.92 Å². The van der Waals surface area contributed by atoms with Crippen molar-refractivity contribution in [2.24, 2.45) is 0 Å². The normalized spacial score (nSPS) is 12.7. The Bertz CT molecular complexity index is 541. The average Bonchev–Trinajstić information content (AvgIpc) is 2.18. The number of nitrogens with zero attached hydrogens (tertiary/aromatic N) is 1. The standard InChI is InChI=1S/C12H11N2.BrH/c1-9-8-14-7-3-5-10-4-2-6-11(13-9)12(10)14;/h2-8,13H,1H3;1H/q+1;/p-1. The molecular weight excluding hydrogens is 252 g/mol. The Labute approximate surface area is 99.0 Å². The van der Waals surface area contributed by atoms with Crippen molar-refractivity contribution in [2.45, 2.75) is 6.92 Å². The molecule has 0 spiro atoms. The summed E-state index contributed by atoms with van der Waals surface area (Å²) >= 11 is 0. The van der Waals surface area contributed by atoms with Crippen LogP contribution in [0.2, 0.25) is 0 Å². The van der Waals surface area contributed by atoms with Crippen LogP contribution in [-0.4, -0.2) is 0 Å². The predicted octanol–water partition coefficient (Wildman–Crippen LogP) is -0.625. The van der Waals surface area contributed by atoms with Crippen LogP contribution in [0.3, 0.4) is 0 Å². The third-order valence-electron chi connectivity index (χ3n) is 2.51. The number of hydrogen-bond acceptors (Lipinski definition) is 1. The molecule has 3 rings (SSSR count). The summed E-state index contributed by atoms with van der Waals surface area (Å²) in [5, 5.41) is 4.63. The molecule has 1 aromatic carbocycles. The fraction of sp³-hybridized carbons (Fsp3) is 0.0833. The van der Waals surface area contributed by atoms with E-state index in [4.69, 9.17) is 0 Å². The number of nitrogens with one attached hydrogen (secondary N) is 1. The van der Waals surface area contributed by atoms with Gasteiger partial charge in [-0.1, -0.05) is 6.07 Å². The Kier molecular flexibility index (Phi) is 2.49. The SMILES string of the molecule is CC1=C[n+]2cccc3cccc(c32)N1.[Br-]. The summed E-state index contributed by atoms with van der Waals surface area (Å²) in [7, 11) is 0. The van der Waals surface area contributed by atoms with Crippen LogP contribution in [0.4, 0.5) is 5.69 Å². The minimum absolute atomic E-state index is 0. The van der Waals surface area contributed by atoms with Gasteiger partial charge in [-0.25, -0.2) is 0 Å². The van der Waals surface area contributed by atoms with Crippen molar-refractivity contribution in [2.75, 3.05) is 5.32 Å². The summed E-state index contributed by atoms with van der Waals surface area (Å²) in [4.78, 5) is 0. The molecule has 2 nitrogen and oxygen atoms in total. The molecule has 0 aliphatic carbocycles. The highest BCUT2D eigenvalue weighted by atomic mass is 79.9. The minimum Gasteiger partial charge on any atom is -1.00 e. The summed E-state index contributed by atoms with van der Waals surface area (Å²) in [5.41, 5.74) is 3.60. The van der Waals surface area contributed by atoms with Crippen LogP contribution in [0.15, 0.2) is 42.2 Å². The molecule has 0 fully saturated rings. The fourth-order valence-electron chi connectivity index (χ4n) is 1.96. The molecule has 0 saturated carbocycles. The highest BCUT2D eigenvalue weighted by Gasteiger charge is 2.16. The minimum atomic E-state index is 0. The number of aromatic nitrogens is 1. The van der Waals surface area contributed by atoms with Crippen molar-refractivity contribution in [1.29, 1.82) is 0 Å². The summed E-state index contributed by atoms with van der Waals surface area (Å²) in [5.74, 6) is 0. The van der Waals surface area contributed by atoms with Crippen molar-refractivity contribution in [3.8, 4) is 0 Å². The zero-order valence-corrected chi connectivity index (χ0v) is 9.95. The van der Waals surface area contributed by atoms with Crippen molar-refractivity contribution in [3.05, 3.63) is 42.2 Å². The Morgan fingerprint density at radius 3 is 2.80 bits per heavy atom. The number of allylic oxidation sites excluding steroid dienone is 1. The van der Waals surface area contributed by atoms with Gasteiger partial charge in [0.1, 0.15) is 5.69 Å². The Balaban J connectivity index is 0.000000853. The second kappa shape index (κ2) is 3.66. The van der Waals surface area contributed by atoms with Gasteiger partial charge in [0.05, 0.1) is 5.70 Å². The summed E-state index contributed by atoms with van der Waals surface area (Å²) < 4.78 is 2.16. The van der Waals surface area contributed by atoms with E-state index in [0.717, 1.165) is 0 Å². The predicted molar refractivity (Wildman–Crippen MR) is 57.7 cm³/mol. The van der Waals surface area contributed by atoms with E-state index in [-0.39, 0.29) is 17.0 Å². The number of rotatable bonds is 0. The van der Waals surface area contributed by atoms with Gasteiger partial charge in [-0.3, -0.25) is 0 Å². The largest absolute Gasteiger partial charge is 1.00 e. The van der Waals surface area contributed by atoms with Crippen molar-refractivity contribution >= 4 is 22.8 Å². The molecule has 15 heavy (non-hydrogen) atoms. The van der Waals surface area contributed by atoms with Gasteiger partial charge in [0.15, 0.2) is 12.4 Å². The van der Waals surface area contributed by atoms with Crippen LogP contribution in [0.5, 0.6) is 0 Å². The van der Waals surface area contributed by atoms with E-state index in [1.165, 1.54) is 22.3 Å². The van der Waals surface area contributed by atoms with E-state index in [1.807, 2.05) is 0 Å². The highest BCUT2D eigenvalue weighted by Crippen LogP contribution is 2.23. The van der Waals surface area contributed by atoms with E-state index < -0.39 is 0 Å². The number of pyridine rings is 1. The lowest BCUT2D eigenvalue weighted by Crippen LogP contribution is -3.00. The average molecular weight is 263 g/mol. The maximum absolute atomic E-state index is 3.36. The van der Waals surface area contributed by atoms with E-state index in [0.29, 0.717) is 0 Å². The van der Waals surface area contributed by atoms with Gasteiger partial charge in [-0.05, 0) is 25.1 Å². The lowest BCUT2D eigenvalue weighted by atomic mass is 10.1. The van der Waals surface area contributed by atoms with Crippen molar-refractivity contribution < 1.29 is 21.5 Å². The van der Waals surface area contributed by atoms with E-state index >= 15 is 0 Å². The van der Waals surface area contributed by atoms with Gasteiger partial charge in [-0.15, -0.1) is 0 Å². The van der Waals surface area contributed by atoms with Crippen LogP contribution >= 0.6 is 0 Å². The smallest absolute Gasteiger partial charge is 0.241 e. The molecule has 0 radical (unpaired) electrons. The van der Waals surface area contributed by atoms with Crippen LogP contribution in [0, 0.1) is 0 Å². The lowest BCUT2D eigenvalue weighted by molar-refractivity contribution is -0.539. The van der Waals surface area contributed by atoms with Gasteiger partial charge in [0.25, 0.3) is 0 Å². The summed E-state index contributed by atoms with van der Waals surface area (Å²) in [6, 6.07) is 10.5. The molecule has 1 aromatic heterocycles. The second-order valence-electron chi connectivity index (χ2n) is 3.60.